The van der Waals surface area contributed by atoms with Crippen molar-refractivity contribution in [2.24, 2.45) is 0 Å². The first-order chi connectivity index (χ1) is 20.2. The Hall–Kier alpha value is -3.98. The van der Waals surface area contributed by atoms with Crippen molar-refractivity contribution in [3.63, 3.8) is 0 Å². The van der Waals surface area contributed by atoms with E-state index in [4.69, 9.17) is 0 Å². The number of halogens is 4. The van der Waals surface area contributed by atoms with Gasteiger partial charge in [-0.05, 0) is 48.5 Å². The number of aromatic amines is 1. The van der Waals surface area contributed by atoms with E-state index in [1.165, 1.54) is 28.0 Å². The number of rotatable bonds is 5. The zero-order valence-electron chi connectivity index (χ0n) is 22.7. The van der Waals surface area contributed by atoms with E-state index in [-0.39, 0.29) is 6.54 Å². The van der Waals surface area contributed by atoms with Gasteiger partial charge in [-0.25, -0.2) is 4.39 Å². The summed E-state index contributed by atoms with van der Waals surface area (Å²) in [5, 5.41) is 12.2. The van der Waals surface area contributed by atoms with Crippen molar-refractivity contribution in [3.8, 4) is 34.4 Å². The summed E-state index contributed by atoms with van der Waals surface area (Å²) in [4.78, 5) is 17.8. The number of alkyl halides is 3. The molecule has 1 aliphatic heterocycles. The Kier molecular flexibility index (Phi) is 7.62. The molecule has 216 valence electrons. The fourth-order valence-electron chi connectivity index (χ4n) is 5.31. The summed E-state index contributed by atoms with van der Waals surface area (Å²) in [6.07, 6.45) is -3.88. The Morgan fingerprint density at radius 1 is 1.12 bits per heavy atom. The molecule has 6 nitrogen and oxygen atoms in total. The number of fused-ring (bicyclic) bond motifs is 3. The SMILES string of the molecule is CN1CCN(Cc2ccc3c(c2)-c2[nH]nc(-c4csc(C#CCNC(=O)c5cc(C(F)(F)F)ccc5F)c4)c2C3)CC1. The molecule has 2 aromatic carbocycles. The number of nitrogens with one attached hydrogen (secondary N) is 2. The van der Waals surface area contributed by atoms with Gasteiger partial charge in [-0.15, -0.1) is 11.3 Å². The number of H-pyrrole nitrogens is 1. The summed E-state index contributed by atoms with van der Waals surface area (Å²) in [5.74, 6) is 3.74. The smallest absolute Gasteiger partial charge is 0.341 e. The molecule has 42 heavy (non-hydrogen) atoms. The van der Waals surface area contributed by atoms with Crippen LogP contribution in [0.4, 0.5) is 17.6 Å². The average molecular weight is 594 g/mol. The van der Waals surface area contributed by atoms with Crippen molar-refractivity contribution < 1.29 is 22.4 Å². The summed E-state index contributed by atoms with van der Waals surface area (Å²) in [7, 11) is 2.16. The topological polar surface area (TPSA) is 64.3 Å². The van der Waals surface area contributed by atoms with Crippen LogP contribution >= 0.6 is 11.3 Å². The summed E-state index contributed by atoms with van der Waals surface area (Å²) in [6, 6.07) is 10.3. The van der Waals surface area contributed by atoms with Crippen LogP contribution in [0.5, 0.6) is 0 Å². The minimum absolute atomic E-state index is 0.147. The highest BCUT2D eigenvalue weighted by atomic mass is 32.1. The molecule has 0 spiro atoms. The lowest BCUT2D eigenvalue weighted by Crippen LogP contribution is -2.43. The van der Waals surface area contributed by atoms with Crippen molar-refractivity contribution in [2.45, 2.75) is 19.1 Å². The monoisotopic (exact) mass is 593 g/mol. The maximum absolute atomic E-state index is 14.0. The first-order valence-corrected chi connectivity index (χ1v) is 14.4. The summed E-state index contributed by atoms with van der Waals surface area (Å²) in [6.45, 7) is 5.08. The second-order valence-electron chi connectivity index (χ2n) is 10.5. The Bertz CT molecular complexity index is 1710. The van der Waals surface area contributed by atoms with Gasteiger partial charge in [0.25, 0.3) is 5.91 Å². The number of nitrogens with zero attached hydrogens (tertiary/aromatic N) is 3. The lowest BCUT2D eigenvalue weighted by molar-refractivity contribution is -0.137. The molecular formula is C31H27F4N5OS. The molecule has 0 saturated carbocycles. The third-order valence-electron chi connectivity index (χ3n) is 7.64. The summed E-state index contributed by atoms with van der Waals surface area (Å²) < 4.78 is 52.7. The van der Waals surface area contributed by atoms with Crippen molar-refractivity contribution >= 4 is 17.2 Å². The number of amides is 1. The molecule has 2 aromatic heterocycles. The number of piperazine rings is 1. The van der Waals surface area contributed by atoms with Gasteiger partial charge in [-0.3, -0.25) is 14.8 Å². The minimum Gasteiger partial charge on any atom is -0.341 e. The summed E-state index contributed by atoms with van der Waals surface area (Å²) >= 11 is 1.43. The van der Waals surface area contributed by atoms with E-state index in [9.17, 15) is 22.4 Å². The highest BCUT2D eigenvalue weighted by molar-refractivity contribution is 7.11. The molecule has 1 aliphatic carbocycles. The Labute approximate surface area is 244 Å². The molecule has 3 heterocycles. The van der Waals surface area contributed by atoms with E-state index < -0.39 is 29.0 Å². The van der Waals surface area contributed by atoms with Crippen molar-refractivity contribution in [3.05, 3.63) is 86.4 Å². The molecule has 2 N–H and O–H groups in total. The molecule has 1 amide bonds. The van der Waals surface area contributed by atoms with Gasteiger partial charge in [0.15, 0.2) is 0 Å². The highest BCUT2D eigenvalue weighted by Gasteiger charge is 2.32. The third-order valence-corrected chi connectivity index (χ3v) is 8.49. The van der Waals surface area contributed by atoms with Gasteiger partial charge in [-0.2, -0.15) is 18.3 Å². The van der Waals surface area contributed by atoms with Crippen LogP contribution in [0.25, 0.3) is 22.5 Å². The minimum atomic E-state index is -4.68. The number of hydrogen-bond donors (Lipinski definition) is 2. The van der Waals surface area contributed by atoms with Gasteiger partial charge in [0.2, 0.25) is 0 Å². The van der Waals surface area contributed by atoms with Crippen LogP contribution in [-0.4, -0.2) is 65.7 Å². The quantitative estimate of drug-likeness (QED) is 0.212. The Morgan fingerprint density at radius 2 is 1.93 bits per heavy atom. The normalized spacial score (nSPS) is 15.2. The number of carbonyl (C=O) groups is 1. The molecule has 4 aromatic rings. The van der Waals surface area contributed by atoms with Gasteiger partial charge in [-0.1, -0.05) is 24.0 Å². The van der Waals surface area contributed by atoms with E-state index in [1.807, 2.05) is 11.4 Å². The van der Waals surface area contributed by atoms with Gasteiger partial charge in [0, 0.05) is 61.2 Å². The highest BCUT2D eigenvalue weighted by Crippen LogP contribution is 2.41. The van der Waals surface area contributed by atoms with Gasteiger partial charge in [0.1, 0.15) is 5.82 Å². The van der Waals surface area contributed by atoms with Crippen LogP contribution < -0.4 is 5.32 Å². The molecule has 0 bridgehead atoms. The van der Waals surface area contributed by atoms with Crippen molar-refractivity contribution in [1.82, 2.24) is 25.3 Å². The predicted octanol–water partition coefficient (Wildman–Crippen LogP) is 5.40. The van der Waals surface area contributed by atoms with E-state index in [0.29, 0.717) is 18.2 Å². The number of likely N-dealkylation sites (N-methyl/N-ethyl adjacent to an activating group) is 1. The van der Waals surface area contributed by atoms with Crippen LogP contribution in [-0.2, 0) is 19.1 Å². The van der Waals surface area contributed by atoms with Gasteiger partial charge >= 0.3 is 6.18 Å². The third kappa shape index (κ3) is 5.83. The number of aromatic nitrogens is 2. The molecule has 0 radical (unpaired) electrons. The average Bonchev–Trinajstić information content (AvgIpc) is 3.67. The van der Waals surface area contributed by atoms with E-state index >= 15 is 0 Å². The van der Waals surface area contributed by atoms with E-state index in [1.54, 1.807) is 0 Å². The zero-order valence-corrected chi connectivity index (χ0v) is 23.6. The second kappa shape index (κ2) is 11.4. The van der Waals surface area contributed by atoms with Crippen molar-refractivity contribution in [1.29, 1.82) is 0 Å². The lowest BCUT2D eigenvalue weighted by atomic mass is 10.0. The van der Waals surface area contributed by atoms with E-state index in [2.05, 4.69) is 62.4 Å². The van der Waals surface area contributed by atoms with Crippen LogP contribution in [0.1, 0.15) is 37.5 Å². The maximum atomic E-state index is 14.0. The molecule has 1 saturated heterocycles. The molecular weight excluding hydrogens is 566 g/mol. The molecule has 2 aliphatic rings. The van der Waals surface area contributed by atoms with Crippen molar-refractivity contribution in [2.75, 3.05) is 39.8 Å². The predicted molar refractivity (Wildman–Crippen MR) is 154 cm³/mol. The standard InChI is InChI=1S/C31H27F4N5OS/c1-39-9-11-40(12-10-39)17-19-4-5-20-15-26-28(37-38-29(26)24(20)13-19)21-14-23(42-18-21)3-2-8-36-30(41)25-16-22(31(33,34)35)6-7-27(25)32/h4-7,13-14,16,18H,8-12,15,17H2,1H3,(H,36,41)(H,37,38). The van der Waals surface area contributed by atoms with Gasteiger partial charge < -0.3 is 10.2 Å². The summed E-state index contributed by atoms with van der Waals surface area (Å²) in [5.41, 5.74) is 5.98. The number of hydrogen-bond acceptors (Lipinski definition) is 5. The Morgan fingerprint density at radius 3 is 2.71 bits per heavy atom. The van der Waals surface area contributed by atoms with Gasteiger partial charge in [0.05, 0.1) is 33.9 Å². The van der Waals surface area contributed by atoms with E-state index in [0.717, 1.165) is 66.5 Å². The first kappa shape index (κ1) is 28.2. The van der Waals surface area contributed by atoms with Crippen LogP contribution in [0.3, 0.4) is 0 Å². The molecule has 11 heteroatoms. The second-order valence-corrected chi connectivity index (χ2v) is 11.5. The first-order valence-electron chi connectivity index (χ1n) is 13.5. The van der Waals surface area contributed by atoms with Crippen LogP contribution in [0, 0.1) is 17.7 Å². The largest absolute Gasteiger partial charge is 0.416 e. The maximum Gasteiger partial charge on any atom is 0.416 e. The fraction of sp³-hybridized carbons (Fsp3) is 0.290. The molecule has 0 atom stereocenters. The number of benzene rings is 2. The lowest BCUT2D eigenvalue weighted by Gasteiger charge is -2.32. The fourth-order valence-corrected chi connectivity index (χ4v) is 6.07. The zero-order chi connectivity index (χ0) is 29.4. The number of thiophene rings is 1. The van der Waals surface area contributed by atoms with Crippen LogP contribution in [0.2, 0.25) is 0 Å². The van der Waals surface area contributed by atoms with Crippen LogP contribution in [0.15, 0.2) is 47.8 Å². The number of carbonyl (C=O) groups excluding carboxylic acids is 1. The Balaban J connectivity index is 1.10. The molecule has 6 rings (SSSR count). The molecule has 1 fully saturated rings. The molecule has 0 unspecified atom stereocenters.